The van der Waals surface area contributed by atoms with Gasteiger partial charge in [-0.2, -0.15) is 12.7 Å². The van der Waals surface area contributed by atoms with Crippen molar-refractivity contribution >= 4 is 10.2 Å². The SMILES string of the molecule is COc1cccc(CCNS(=O)(=O)N(C)C)c1. The molecule has 0 fully saturated rings. The Morgan fingerprint density at radius 3 is 2.65 bits per heavy atom. The smallest absolute Gasteiger partial charge is 0.278 e. The lowest BCUT2D eigenvalue weighted by atomic mass is 10.1. The van der Waals surface area contributed by atoms with Crippen LogP contribution >= 0.6 is 0 Å². The Kier molecular flexibility index (Phi) is 4.92. The second-order valence-corrected chi connectivity index (χ2v) is 5.75. The fourth-order valence-corrected chi connectivity index (χ4v) is 1.90. The van der Waals surface area contributed by atoms with Crippen LogP contribution in [0.15, 0.2) is 24.3 Å². The number of hydrogen-bond donors (Lipinski definition) is 1. The van der Waals surface area contributed by atoms with Gasteiger partial charge in [-0.1, -0.05) is 12.1 Å². The molecule has 0 saturated heterocycles. The number of rotatable bonds is 6. The minimum atomic E-state index is -3.33. The summed E-state index contributed by atoms with van der Waals surface area (Å²) in [5.41, 5.74) is 1.03. The third-order valence-corrected chi connectivity index (χ3v) is 3.84. The van der Waals surface area contributed by atoms with E-state index in [0.717, 1.165) is 15.6 Å². The van der Waals surface area contributed by atoms with Gasteiger partial charge in [-0.3, -0.25) is 0 Å². The van der Waals surface area contributed by atoms with Crippen molar-refractivity contribution in [1.82, 2.24) is 9.03 Å². The molecular formula is C11H18N2O3S. The Bertz CT molecular complexity index is 458. The maximum atomic E-state index is 11.4. The van der Waals surface area contributed by atoms with Crippen LogP contribution in [0.1, 0.15) is 5.56 Å². The van der Waals surface area contributed by atoms with Crippen LogP contribution in [0.3, 0.4) is 0 Å². The first-order chi connectivity index (χ1) is 7.95. The first-order valence-corrected chi connectivity index (χ1v) is 6.70. The quantitative estimate of drug-likeness (QED) is 0.814. The molecule has 0 amide bonds. The molecule has 5 nitrogen and oxygen atoms in total. The van der Waals surface area contributed by atoms with Crippen LogP contribution in [0.4, 0.5) is 0 Å². The van der Waals surface area contributed by atoms with E-state index in [0.29, 0.717) is 13.0 Å². The molecule has 0 aliphatic carbocycles. The Labute approximate surface area is 103 Å². The van der Waals surface area contributed by atoms with Gasteiger partial charge in [0.05, 0.1) is 7.11 Å². The van der Waals surface area contributed by atoms with Gasteiger partial charge in [0.15, 0.2) is 0 Å². The minimum Gasteiger partial charge on any atom is -0.497 e. The van der Waals surface area contributed by atoms with E-state index in [1.54, 1.807) is 7.11 Å². The zero-order valence-electron chi connectivity index (χ0n) is 10.3. The molecule has 0 aliphatic rings. The van der Waals surface area contributed by atoms with Gasteiger partial charge in [-0.25, -0.2) is 4.72 Å². The average Bonchev–Trinajstić information content (AvgIpc) is 2.29. The van der Waals surface area contributed by atoms with Crippen molar-refractivity contribution in [2.75, 3.05) is 27.7 Å². The number of nitrogens with one attached hydrogen (secondary N) is 1. The van der Waals surface area contributed by atoms with Gasteiger partial charge in [-0.15, -0.1) is 0 Å². The fraction of sp³-hybridized carbons (Fsp3) is 0.455. The van der Waals surface area contributed by atoms with Gasteiger partial charge in [0.25, 0.3) is 10.2 Å². The van der Waals surface area contributed by atoms with Gasteiger partial charge >= 0.3 is 0 Å². The van der Waals surface area contributed by atoms with E-state index in [2.05, 4.69) is 4.72 Å². The standard InChI is InChI=1S/C11H18N2O3S/c1-13(2)17(14,15)12-8-7-10-5-4-6-11(9-10)16-3/h4-6,9,12H,7-8H2,1-3H3. The van der Waals surface area contributed by atoms with Crippen molar-refractivity contribution in [1.29, 1.82) is 0 Å². The second-order valence-electron chi connectivity index (χ2n) is 3.78. The van der Waals surface area contributed by atoms with E-state index >= 15 is 0 Å². The van der Waals surface area contributed by atoms with Crippen molar-refractivity contribution in [2.45, 2.75) is 6.42 Å². The lowest BCUT2D eigenvalue weighted by molar-refractivity contribution is 0.414. The van der Waals surface area contributed by atoms with E-state index in [4.69, 9.17) is 4.74 Å². The molecule has 0 unspecified atom stereocenters. The predicted molar refractivity (Wildman–Crippen MR) is 67.3 cm³/mol. The number of ether oxygens (including phenoxy) is 1. The number of hydrogen-bond acceptors (Lipinski definition) is 3. The first kappa shape index (κ1) is 14.0. The average molecular weight is 258 g/mol. The molecule has 0 aromatic heterocycles. The molecule has 0 atom stereocenters. The maximum absolute atomic E-state index is 11.4. The summed E-state index contributed by atoms with van der Waals surface area (Å²) in [4.78, 5) is 0. The van der Waals surface area contributed by atoms with Gasteiger partial charge < -0.3 is 4.74 Å². The number of benzene rings is 1. The fourth-order valence-electron chi connectivity index (χ4n) is 1.28. The molecule has 1 rings (SSSR count). The van der Waals surface area contributed by atoms with E-state index in [9.17, 15) is 8.42 Å². The second kappa shape index (κ2) is 6.00. The van der Waals surface area contributed by atoms with Crippen molar-refractivity contribution in [2.24, 2.45) is 0 Å². The molecule has 1 N–H and O–H groups in total. The summed E-state index contributed by atoms with van der Waals surface area (Å²) < 4.78 is 31.6. The van der Waals surface area contributed by atoms with Crippen LogP contribution in [0.25, 0.3) is 0 Å². The normalized spacial score (nSPS) is 11.8. The molecule has 0 aliphatic heterocycles. The summed E-state index contributed by atoms with van der Waals surface area (Å²) in [5.74, 6) is 0.776. The summed E-state index contributed by atoms with van der Waals surface area (Å²) in [5, 5.41) is 0. The summed E-state index contributed by atoms with van der Waals surface area (Å²) in [6, 6.07) is 7.57. The summed E-state index contributed by atoms with van der Waals surface area (Å²) in [6.45, 7) is 0.369. The molecular weight excluding hydrogens is 240 g/mol. The zero-order chi connectivity index (χ0) is 12.9. The number of nitrogens with zero attached hydrogens (tertiary/aromatic N) is 1. The monoisotopic (exact) mass is 258 g/mol. The highest BCUT2D eigenvalue weighted by atomic mass is 32.2. The van der Waals surface area contributed by atoms with Gasteiger partial charge in [0.2, 0.25) is 0 Å². The Balaban J connectivity index is 2.51. The molecule has 1 aromatic carbocycles. The van der Waals surface area contributed by atoms with Gasteiger partial charge in [0, 0.05) is 20.6 Å². The van der Waals surface area contributed by atoms with Crippen molar-refractivity contribution in [3.63, 3.8) is 0 Å². The van der Waals surface area contributed by atoms with Crippen LogP contribution in [0.5, 0.6) is 5.75 Å². The van der Waals surface area contributed by atoms with Crippen LogP contribution in [-0.4, -0.2) is 40.5 Å². The lowest BCUT2D eigenvalue weighted by Gasteiger charge is -2.12. The minimum absolute atomic E-state index is 0.369. The van der Waals surface area contributed by atoms with Crippen molar-refractivity contribution < 1.29 is 13.2 Å². The Morgan fingerprint density at radius 1 is 1.35 bits per heavy atom. The zero-order valence-corrected chi connectivity index (χ0v) is 11.1. The predicted octanol–water partition coefficient (Wildman–Crippen LogP) is 0.634. The van der Waals surface area contributed by atoms with Gasteiger partial charge in [0.1, 0.15) is 5.75 Å². The summed E-state index contributed by atoms with van der Waals surface area (Å²) in [6.07, 6.45) is 0.629. The topological polar surface area (TPSA) is 58.6 Å². The highest BCUT2D eigenvalue weighted by Crippen LogP contribution is 2.12. The third-order valence-electron chi connectivity index (χ3n) is 2.31. The van der Waals surface area contributed by atoms with Crippen LogP contribution in [0.2, 0.25) is 0 Å². The van der Waals surface area contributed by atoms with E-state index in [1.165, 1.54) is 14.1 Å². The highest BCUT2D eigenvalue weighted by molar-refractivity contribution is 7.87. The molecule has 0 spiro atoms. The molecule has 96 valence electrons. The largest absolute Gasteiger partial charge is 0.497 e. The van der Waals surface area contributed by atoms with Crippen molar-refractivity contribution in [3.05, 3.63) is 29.8 Å². The number of methoxy groups -OCH3 is 1. The third kappa shape index (κ3) is 4.33. The lowest BCUT2D eigenvalue weighted by Crippen LogP contribution is -2.36. The summed E-state index contributed by atoms with van der Waals surface area (Å²) >= 11 is 0. The molecule has 1 aromatic rings. The van der Waals surface area contributed by atoms with Gasteiger partial charge in [-0.05, 0) is 24.1 Å². The summed E-state index contributed by atoms with van der Waals surface area (Å²) in [7, 11) is 1.26. The molecule has 0 saturated carbocycles. The van der Waals surface area contributed by atoms with Crippen molar-refractivity contribution in [3.8, 4) is 5.75 Å². The van der Waals surface area contributed by atoms with E-state index in [1.807, 2.05) is 24.3 Å². The van der Waals surface area contributed by atoms with Crippen LogP contribution in [0, 0.1) is 0 Å². The van der Waals surface area contributed by atoms with Crippen LogP contribution in [-0.2, 0) is 16.6 Å². The Hall–Kier alpha value is -1.11. The molecule has 6 heteroatoms. The van der Waals surface area contributed by atoms with E-state index < -0.39 is 10.2 Å². The molecule has 17 heavy (non-hydrogen) atoms. The molecule has 0 bridgehead atoms. The molecule has 0 heterocycles. The maximum Gasteiger partial charge on any atom is 0.278 e. The highest BCUT2D eigenvalue weighted by Gasteiger charge is 2.11. The first-order valence-electron chi connectivity index (χ1n) is 5.26. The Morgan fingerprint density at radius 2 is 2.06 bits per heavy atom. The van der Waals surface area contributed by atoms with Crippen LogP contribution < -0.4 is 9.46 Å². The van der Waals surface area contributed by atoms with E-state index in [-0.39, 0.29) is 0 Å². The molecule has 0 radical (unpaired) electrons.